The molecule has 0 bridgehead atoms. The number of nitrogens with one attached hydrogen (secondary N) is 1. The third kappa shape index (κ3) is 4.12. The molecule has 0 unspecified atom stereocenters. The molecule has 140 valence electrons. The molecule has 0 atom stereocenters. The minimum atomic E-state index is 0.253. The van der Waals surface area contributed by atoms with Crippen molar-refractivity contribution in [2.24, 2.45) is 13.0 Å². The minimum Gasteiger partial charge on any atom is -0.383 e. The van der Waals surface area contributed by atoms with Crippen LogP contribution in [0.25, 0.3) is 11.3 Å². The molecular weight excluding hydrogens is 330 g/mol. The molecule has 2 aromatic heterocycles. The standard InChI is InChI=1S/C18H27N7O/c1-12(2)10-16(26)25-8-5-13(6-9-25)22-18-20-7-4-15(23-18)14-11-21-24(3)17(14)19/h4,7,11-13H,5-6,8-10,19H2,1-3H3,(H,20,22,23). The van der Waals surface area contributed by atoms with Crippen LogP contribution in [0.4, 0.5) is 11.8 Å². The van der Waals surface area contributed by atoms with E-state index in [1.807, 2.05) is 11.0 Å². The van der Waals surface area contributed by atoms with Crippen molar-refractivity contribution >= 4 is 17.7 Å². The maximum Gasteiger partial charge on any atom is 0.223 e. The number of aryl methyl sites for hydroxylation is 1. The molecule has 0 aromatic carbocycles. The maximum absolute atomic E-state index is 12.2. The summed E-state index contributed by atoms with van der Waals surface area (Å²) in [6.07, 6.45) is 5.84. The fourth-order valence-corrected chi connectivity index (χ4v) is 3.16. The fraction of sp³-hybridized carbons (Fsp3) is 0.556. The van der Waals surface area contributed by atoms with Gasteiger partial charge in [-0.15, -0.1) is 0 Å². The second kappa shape index (κ2) is 7.72. The molecule has 1 amide bonds. The van der Waals surface area contributed by atoms with Crippen LogP contribution in [-0.2, 0) is 11.8 Å². The van der Waals surface area contributed by atoms with Crippen molar-refractivity contribution in [3.05, 3.63) is 18.5 Å². The van der Waals surface area contributed by atoms with Crippen molar-refractivity contribution < 1.29 is 4.79 Å². The van der Waals surface area contributed by atoms with Gasteiger partial charge in [-0.25, -0.2) is 9.97 Å². The molecule has 8 nitrogen and oxygen atoms in total. The van der Waals surface area contributed by atoms with Crippen LogP contribution in [-0.4, -0.2) is 49.7 Å². The van der Waals surface area contributed by atoms with Gasteiger partial charge in [-0.1, -0.05) is 13.8 Å². The Labute approximate surface area is 153 Å². The summed E-state index contributed by atoms with van der Waals surface area (Å²) < 4.78 is 1.62. The average Bonchev–Trinajstić information content (AvgIpc) is 2.94. The molecule has 1 fully saturated rings. The Morgan fingerprint density at radius 3 is 2.73 bits per heavy atom. The number of aromatic nitrogens is 4. The van der Waals surface area contributed by atoms with E-state index in [2.05, 4.69) is 34.2 Å². The molecule has 3 N–H and O–H groups in total. The molecule has 1 saturated heterocycles. The zero-order chi connectivity index (χ0) is 18.7. The normalized spacial score (nSPS) is 15.5. The second-order valence-electron chi connectivity index (χ2n) is 7.23. The van der Waals surface area contributed by atoms with E-state index >= 15 is 0 Å². The lowest BCUT2D eigenvalue weighted by atomic mass is 10.0. The first-order valence-electron chi connectivity index (χ1n) is 9.09. The summed E-state index contributed by atoms with van der Waals surface area (Å²) in [6, 6.07) is 2.09. The summed E-state index contributed by atoms with van der Waals surface area (Å²) in [6.45, 7) is 5.70. The van der Waals surface area contributed by atoms with Gasteiger partial charge in [0.15, 0.2) is 0 Å². The fourth-order valence-electron chi connectivity index (χ4n) is 3.16. The third-order valence-electron chi connectivity index (χ3n) is 4.68. The van der Waals surface area contributed by atoms with E-state index in [-0.39, 0.29) is 11.9 Å². The Hall–Kier alpha value is -2.64. The number of rotatable bonds is 5. The van der Waals surface area contributed by atoms with Gasteiger partial charge >= 0.3 is 0 Å². The first-order chi connectivity index (χ1) is 12.4. The summed E-state index contributed by atoms with van der Waals surface area (Å²) in [5.41, 5.74) is 7.58. The van der Waals surface area contributed by atoms with Gasteiger partial charge in [0.2, 0.25) is 11.9 Å². The Kier molecular flexibility index (Phi) is 5.39. The third-order valence-corrected chi connectivity index (χ3v) is 4.68. The van der Waals surface area contributed by atoms with Crippen molar-refractivity contribution in [1.82, 2.24) is 24.6 Å². The average molecular weight is 357 g/mol. The lowest BCUT2D eigenvalue weighted by Crippen LogP contribution is -2.42. The summed E-state index contributed by atoms with van der Waals surface area (Å²) in [5.74, 6) is 1.81. The van der Waals surface area contributed by atoms with Gasteiger partial charge in [0.05, 0.1) is 17.5 Å². The van der Waals surface area contributed by atoms with E-state index in [0.29, 0.717) is 24.1 Å². The second-order valence-corrected chi connectivity index (χ2v) is 7.23. The molecule has 0 spiro atoms. The number of anilines is 2. The molecule has 0 aliphatic carbocycles. The highest BCUT2D eigenvalue weighted by atomic mass is 16.2. The predicted octanol–water partition coefficient (Wildman–Crippen LogP) is 1.91. The van der Waals surface area contributed by atoms with Crippen molar-refractivity contribution in [2.75, 3.05) is 24.1 Å². The Bertz CT molecular complexity index is 763. The number of carbonyl (C=O) groups excluding carboxylic acids is 1. The number of piperidine rings is 1. The number of hydrogen-bond donors (Lipinski definition) is 2. The van der Waals surface area contributed by atoms with Gasteiger partial charge in [-0.2, -0.15) is 5.10 Å². The van der Waals surface area contributed by atoms with Crippen LogP contribution in [0.2, 0.25) is 0 Å². The lowest BCUT2D eigenvalue weighted by molar-refractivity contribution is -0.132. The van der Waals surface area contributed by atoms with Crippen molar-refractivity contribution in [3.8, 4) is 11.3 Å². The molecule has 1 aliphatic rings. The molecule has 0 saturated carbocycles. The zero-order valence-corrected chi connectivity index (χ0v) is 15.6. The van der Waals surface area contributed by atoms with E-state index in [1.54, 1.807) is 24.1 Å². The van der Waals surface area contributed by atoms with Crippen LogP contribution in [0.1, 0.15) is 33.1 Å². The van der Waals surface area contributed by atoms with Gasteiger partial charge in [0, 0.05) is 38.8 Å². The van der Waals surface area contributed by atoms with Crippen molar-refractivity contribution in [2.45, 2.75) is 39.2 Å². The van der Waals surface area contributed by atoms with E-state index in [4.69, 9.17) is 5.73 Å². The number of likely N-dealkylation sites (tertiary alicyclic amines) is 1. The highest BCUT2D eigenvalue weighted by molar-refractivity contribution is 5.76. The SMILES string of the molecule is CC(C)CC(=O)N1CCC(Nc2nccc(-c3cnn(C)c3N)n2)CC1. The van der Waals surface area contributed by atoms with Crippen LogP contribution < -0.4 is 11.1 Å². The largest absolute Gasteiger partial charge is 0.383 e. The summed E-state index contributed by atoms with van der Waals surface area (Å²) in [7, 11) is 1.80. The van der Waals surface area contributed by atoms with E-state index < -0.39 is 0 Å². The molecule has 8 heteroatoms. The monoisotopic (exact) mass is 357 g/mol. The van der Waals surface area contributed by atoms with Gasteiger partial charge in [-0.05, 0) is 24.8 Å². The lowest BCUT2D eigenvalue weighted by Gasteiger charge is -2.32. The van der Waals surface area contributed by atoms with Crippen molar-refractivity contribution in [1.29, 1.82) is 0 Å². The van der Waals surface area contributed by atoms with Crippen LogP contribution in [0.3, 0.4) is 0 Å². The van der Waals surface area contributed by atoms with Gasteiger partial charge in [-0.3, -0.25) is 9.48 Å². The summed E-state index contributed by atoms with van der Waals surface area (Å²) in [5, 5.41) is 7.55. The van der Waals surface area contributed by atoms with Gasteiger partial charge in [0.1, 0.15) is 5.82 Å². The number of hydrogen-bond acceptors (Lipinski definition) is 6. The molecule has 0 radical (unpaired) electrons. The number of carbonyl (C=O) groups is 1. The van der Waals surface area contributed by atoms with Gasteiger partial charge < -0.3 is 16.0 Å². The predicted molar refractivity (Wildman–Crippen MR) is 101 cm³/mol. The highest BCUT2D eigenvalue weighted by Gasteiger charge is 2.23. The number of amides is 1. The number of nitrogens with zero attached hydrogens (tertiary/aromatic N) is 5. The molecule has 3 rings (SSSR count). The van der Waals surface area contributed by atoms with Crippen molar-refractivity contribution in [3.63, 3.8) is 0 Å². The molecule has 1 aliphatic heterocycles. The Morgan fingerprint density at radius 2 is 2.12 bits per heavy atom. The molecule has 26 heavy (non-hydrogen) atoms. The van der Waals surface area contributed by atoms with E-state index in [1.165, 1.54) is 0 Å². The summed E-state index contributed by atoms with van der Waals surface area (Å²) >= 11 is 0. The Balaban J connectivity index is 1.60. The van der Waals surface area contributed by atoms with Crippen LogP contribution in [0, 0.1) is 5.92 Å². The number of nitrogen functional groups attached to an aromatic ring is 1. The molecule has 2 aromatic rings. The maximum atomic E-state index is 12.2. The van der Waals surface area contributed by atoms with E-state index in [9.17, 15) is 4.79 Å². The van der Waals surface area contributed by atoms with Gasteiger partial charge in [0.25, 0.3) is 0 Å². The van der Waals surface area contributed by atoms with Crippen LogP contribution >= 0.6 is 0 Å². The minimum absolute atomic E-state index is 0.253. The highest BCUT2D eigenvalue weighted by Crippen LogP contribution is 2.24. The quantitative estimate of drug-likeness (QED) is 0.847. The number of nitrogens with two attached hydrogens (primary N) is 1. The van der Waals surface area contributed by atoms with Crippen LogP contribution in [0.15, 0.2) is 18.5 Å². The first-order valence-corrected chi connectivity index (χ1v) is 9.09. The molecular formula is C18H27N7O. The summed E-state index contributed by atoms with van der Waals surface area (Å²) in [4.78, 5) is 23.0. The first kappa shape index (κ1) is 18.2. The molecule has 3 heterocycles. The van der Waals surface area contributed by atoms with Crippen LogP contribution in [0.5, 0.6) is 0 Å². The zero-order valence-electron chi connectivity index (χ0n) is 15.6. The topological polar surface area (TPSA) is 102 Å². The Morgan fingerprint density at radius 1 is 1.38 bits per heavy atom. The smallest absolute Gasteiger partial charge is 0.223 e. The van der Waals surface area contributed by atoms with E-state index in [0.717, 1.165) is 37.2 Å².